The number of aromatic nitrogens is 4. The van der Waals surface area contributed by atoms with Gasteiger partial charge in [0, 0.05) is 24.4 Å². The molecule has 0 unspecified atom stereocenters. The van der Waals surface area contributed by atoms with Gasteiger partial charge in [-0.05, 0) is 17.3 Å². The van der Waals surface area contributed by atoms with E-state index in [2.05, 4.69) is 25.0 Å². The average molecular weight is 353 g/mol. The van der Waals surface area contributed by atoms with Crippen molar-refractivity contribution in [3.63, 3.8) is 0 Å². The van der Waals surface area contributed by atoms with Gasteiger partial charge in [0.1, 0.15) is 5.82 Å². The maximum absolute atomic E-state index is 11.0. The van der Waals surface area contributed by atoms with E-state index in [0.717, 1.165) is 35.7 Å². The Bertz CT molecular complexity index is 942. The number of benzene rings is 1. The van der Waals surface area contributed by atoms with Crippen LogP contribution in [0.1, 0.15) is 47.4 Å². The predicted octanol–water partition coefficient (Wildman–Crippen LogP) is 2.84. The van der Waals surface area contributed by atoms with E-state index in [4.69, 9.17) is 9.63 Å². The SMILES string of the molecule is CC(C)c1nc(N2CCc3nc(-c4ccc(C(=O)O)cc4)[nH]c3C2)no1. The number of carboxylic acid groups (broad SMARTS) is 1. The fourth-order valence-corrected chi connectivity index (χ4v) is 2.96. The molecule has 0 radical (unpaired) electrons. The first-order chi connectivity index (χ1) is 12.5. The standard InChI is InChI=1S/C18H19N5O3/c1-10(2)16-21-18(22-26-16)23-8-7-13-14(9-23)20-15(19-13)11-3-5-12(6-4-11)17(24)25/h3-6,10H,7-9H2,1-2H3,(H,19,20)(H,24,25). The molecule has 3 aromatic rings. The molecule has 8 heteroatoms. The number of nitrogens with one attached hydrogen (secondary N) is 1. The van der Waals surface area contributed by atoms with Gasteiger partial charge in [-0.2, -0.15) is 4.98 Å². The van der Waals surface area contributed by atoms with E-state index in [1.54, 1.807) is 24.3 Å². The number of aromatic carboxylic acids is 1. The van der Waals surface area contributed by atoms with Gasteiger partial charge >= 0.3 is 5.97 Å². The van der Waals surface area contributed by atoms with Crippen molar-refractivity contribution in [3.05, 3.63) is 47.1 Å². The number of H-pyrrole nitrogens is 1. The maximum atomic E-state index is 11.0. The molecule has 134 valence electrons. The number of imidazole rings is 1. The summed E-state index contributed by atoms with van der Waals surface area (Å²) in [4.78, 5) is 25.5. The molecule has 3 heterocycles. The second kappa shape index (κ2) is 6.29. The van der Waals surface area contributed by atoms with Crippen LogP contribution in [-0.4, -0.2) is 37.7 Å². The highest BCUT2D eigenvalue weighted by Crippen LogP contribution is 2.26. The molecule has 0 fully saturated rings. The topological polar surface area (TPSA) is 108 Å². The van der Waals surface area contributed by atoms with Crippen molar-refractivity contribution in [2.24, 2.45) is 0 Å². The molecule has 1 aliphatic rings. The Morgan fingerprint density at radius 3 is 2.69 bits per heavy atom. The minimum Gasteiger partial charge on any atom is -0.478 e. The molecule has 1 aliphatic heterocycles. The number of hydrogen-bond acceptors (Lipinski definition) is 6. The minimum atomic E-state index is -0.938. The minimum absolute atomic E-state index is 0.198. The highest BCUT2D eigenvalue weighted by Gasteiger charge is 2.24. The Balaban J connectivity index is 1.55. The van der Waals surface area contributed by atoms with E-state index in [9.17, 15) is 4.79 Å². The first kappa shape index (κ1) is 16.3. The molecule has 8 nitrogen and oxygen atoms in total. The van der Waals surface area contributed by atoms with Crippen molar-refractivity contribution in [2.45, 2.75) is 32.7 Å². The van der Waals surface area contributed by atoms with Crippen LogP contribution in [0, 0.1) is 0 Å². The Hall–Kier alpha value is -3.16. The molecule has 1 aromatic carbocycles. The Kier molecular flexibility index (Phi) is 3.95. The molecule has 0 aliphatic carbocycles. The fourth-order valence-electron chi connectivity index (χ4n) is 2.96. The number of nitrogens with zero attached hydrogens (tertiary/aromatic N) is 4. The van der Waals surface area contributed by atoms with Crippen molar-refractivity contribution in [1.29, 1.82) is 0 Å². The summed E-state index contributed by atoms with van der Waals surface area (Å²) < 4.78 is 5.30. The zero-order valence-electron chi connectivity index (χ0n) is 14.6. The normalized spacial score (nSPS) is 13.9. The highest BCUT2D eigenvalue weighted by atomic mass is 16.5. The summed E-state index contributed by atoms with van der Waals surface area (Å²) in [6.07, 6.45) is 0.782. The van der Waals surface area contributed by atoms with Crippen LogP contribution in [-0.2, 0) is 13.0 Å². The number of hydrogen-bond donors (Lipinski definition) is 2. The number of aromatic amines is 1. The van der Waals surface area contributed by atoms with E-state index in [-0.39, 0.29) is 11.5 Å². The maximum Gasteiger partial charge on any atom is 0.335 e. The number of rotatable bonds is 4. The molecule has 2 aromatic heterocycles. The van der Waals surface area contributed by atoms with Crippen molar-refractivity contribution in [2.75, 3.05) is 11.4 Å². The molecule has 4 rings (SSSR count). The van der Waals surface area contributed by atoms with E-state index in [0.29, 0.717) is 18.4 Å². The van der Waals surface area contributed by atoms with E-state index < -0.39 is 5.97 Å². The van der Waals surface area contributed by atoms with Crippen LogP contribution < -0.4 is 4.90 Å². The summed E-state index contributed by atoms with van der Waals surface area (Å²) in [7, 11) is 0. The average Bonchev–Trinajstić information content (AvgIpc) is 3.28. The van der Waals surface area contributed by atoms with Gasteiger partial charge in [0.05, 0.1) is 23.5 Å². The second-order valence-corrected chi connectivity index (χ2v) is 6.65. The van der Waals surface area contributed by atoms with E-state index >= 15 is 0 Å². The van der Waals surface area contributed by atoms with Gasteiger partial charge < -0.3 is 19.5 Å². The highest BCUT2D eigenvalue weighted by molar-refractivity contribution is 5.88. The summed E-state index contributed by atoms with van der Waals surface area (Å²) in [6, 6.07) is 6.69. The number of fused-ring (bicyclic) bond motifs is 1. The van der Waals surface area contributed by atoms with Crippen LogP contribution in [0.3, 0.4) is 0 Å². The molecular weight excluding hydrogens is 334 g/mol. The number of carbonyl (C=O) groups is 1. The molecule has 0 saturated heterocycles. The summed E-state index contributed by atoms with van der Waals surface area (Å²) in [5, 5.41) is 13.1. The molecule has 0 saturated carbocycles. The number of anilines is 1. The monoisotopic (exact) mass is 353 g/mol. The zero-order valence-corrected chi connectivity index (χ0v) is 14.6. The molecule has 0 atom stereocenters. The molecule has 0 spiro atoms. The van der Waals surface area contributed by atoms with Gasteiger partial charge in [-0.3, -0.25) is 0 Å². The van der Waals surface area contributed by atoms with Crippen molar-refractivity contribution in [3.8, 4) is 11.4 Å². The fraction of sp³-hybridized carbons (Fsp3) is 0.333. The van der Waals surface area contributed by atoms with Crippen LogP contribution in [0.2, 0.25) is 0 Å². The third kappa shape index (κ3) is 2.94. The van der Waals surface area contributed by atoms with E-state index in [1.165, 1.54) is 0 Å². The first-order valence-corrected chi connectivity index (χ1v) is 8.51. The molecule has 0 bridgehead atoms. The summed E-state index contributed by atoms with van der Waals surface area (Å²) in [6.45, 7) is 5.43. The Morgan fingerprint density at radius 2 is 2.04 bits per heavy atom. The van der Waals surface area contributed by atoms with Crippen molar-refractivity contribution in [1.82, 2.24) is 20.1 Å². The van der Waals surface area contributed by atoms with Gasteiger partial charge in [-0.15, -0.1) is 0 Å². The van der Waals surface area contributed by atoms with Crippen molar-refractivity contribution >= 4 is 11.9 Å². The Labute approximate surface area is 149 Å². The van der Waals surface area contributed by atoms with Gasteiger partial charge in [0.25, 0.3) is 5.95 Å². The van der Waals surface area contributed by atoms with E-state index in [1.807, 2.05) is 13.8 Å². The Morgan fingerprint density at radius 1 is 1.27 bits per heavy atom. The second-order valence-electron chi connectivity index (χ2n) is 6.65. The molecule has 26 heavy (non-hydrogen) atoms. The van der Waals surface area contributed by atoms with Gasteiger partial charge in [-0.1, -0.05) is 26.0 Å². The summed E-state index contributed by atoms with van der Waals surface area (Å²) in [5.41, 5.74) is 3.16. The molecule has 2 N–H and O–H groups in total. The zero-order chi connectivity index (χ0) is 18.3. The molecular formula is C18H19N5O3. The first-order valence-electron chi connectivity index (χ1n) is 8.51. The lowest BCUT2D eigenvalue weighted by Gasteiger charge is -2.24. The predicted molar refractivity (Wildman–Crippen MR) is 94.1 cm³/mol. The van der Waals surface area contributed by atoms with Crippen LogP contribution in [0.15, 0.2) is 28.8 Å². The van der Waals surface area contributed by atoms with Crippen LogP contribution >= 0.6 is 0 Å². The lowest BCUT2D eigenvalue weighted by molar-refractivity contribution is 0.0697. The van der Waals surface area contributed by atoms with Crippen molar-refractivity contribution < 1.29 is 14.4 Å². The third-order valence-electron chi connectivity index (χ3n) is 4.44. The van der Waals surface area contributed by atoms with Crippen LogP contribution in [0.25, 0.3) is 11.4 Å². The smallest absolute Gasteiger partial charge is 0.335 e. The lowest BCUT2D eigenvalue weighted by Crippen LogP contribution is -2.31. The van der Waals surface area contributed by atoms with Gasteiger partial charge in [-0.25, -0.2) is 9.78 Å². The van der Waals surface area contributed by atoms with Crippen LogP contribution in [0.4, 0.5) is 5.95 Å². The van der Waals surface area contributed by atoms with Gasteiger partial charge in [0.2, 0.25) is 5.89 Å². The quantitative estimate of drug-likeness (QED) is 0.742. The third-order valence-corrected chi connectivity index (χ3v) is 4.44. The number of carboxylic acids is 1. The largest absolute Gasteiger partial charge is 0.478 e. The summed E-state index contributed by atoms with van der Waals surface area (Å²) in [5.74, 6) is 1.23. The lowest BCUT2D eigenvalue weighted by atomic mass is 10.1. The summed E-state index contributed by atoms with van der Waals surface area (Å²) >= 11 is 0. The molecule has 0 amide bonds. The van der Waals surface area contributed by atoms with Gasteiger partial charge in [0.15, 0.2) is 0 Å². The van der Waals surface area contributed by atoms with Crippen LogP contribution in [0.5, 0.6) is 0 Å².